The van der Waals surface area contributed by atoms with Crippen LogP contribution in [0.15, 0.2) is 59.1 Å². The van der Waals surface area contributed by atoms with Gasteiger partial charge in [0.25, 0.3) is 0 Å². The number of hydrogen-bond donors (Lipinski definition) is 1. The topological polar surface area (TPSA) is 20.2 Å². The Labute approximate surface area is 133 Å². The molecule has 0 amide bonds. The first-order chi connectivity index (χ1) is 10.2. The van der Waals surface area contributed by atoms with Crippen molar-refractivity contribution in [1.82, 2.24) is 0 Å². The predicted octanol–water partition coefficient (Wildman–Crippen LogP) is 5.05. The Bertz CT molecular complexity index is 679. The molecule has 0 radical (unpaired) electrons. The van der Waals surface area contributed by atoms with E-state index in [0.29, 0.717) is 10.5 Å². The molecule has 0 saturated carbocycles. The smallest absolute Gasteiger partial charge is 0.373 e. The first-order valence-corrected chi connectivity index (χ1v) is 7.01. The first-order valence-electron chi connectivity index (χ1n) is 6.22. The highest BCUT2D eigenvalue weighted by Crippen LogP contribution is 2.40. The molecule has 0 aromatic heterocycles. The van der Waals surface area contributed by atoms with Crippen LogP contribution in [0.3, 0.4) is 0 Å². The molecular weight excluding hydrogens is 364 g/mol. The van der Waals surface area contributed by atoms with E-state index in [1.807, 2.05) is 0 Å². The minimum atomic E-state index is -4.91. The molecule has 0 heterocycles. The average Bonchev–Trinajstić information content (AvgIpc) is 2.44. The van der Waals surface area contributed by atoms with Crippen molar-refractivity contribution in [3.05, 3.63) is 76.0 Å². The molecule has 1 atom stereocenters. The van der Waals surface area contributed by atoms with Gasteiger partial charge >= 0.3 is 6.18 Å². The van der Waals surface area contributed by atoms with Crippen molar-refractivity contribution in [1.29, 1.82) is 0 Å². The maximum atomic E-state index is 13.3. The van der Waals surface area contributed by atoms with E-state index in [1.54, 1.807) is 0 Å². The Hall–Kier alpha value is -1.66. The summed E-state index contributed by atoms with van der Waals surface area (Å²) in [5.41, 5.74) is -3.25. The van der Waals surface area contributed by atoms with Gasteiger partial charge in [0.2, 0.25) is 5.60 Å². The van der Waals surface area contributed by atoms with E-state index in [0.717, 1.165) is 12.1 Å². The maximum absolute atomic E-state index is 13.3. The van der Waals surface area contributed by atoms with Crippen molar-refractivity contribution in [3.63, 3.8) is 0 Å². The van der Waals surface area contributed by atoms with Gasteiger partial charge in [0, 0.05) is 4.47 Å². The van der Waals surface area contributed by atoms with E-state index in [-0.39, 0.29) is 11.1 Å². The molecule has 0 fully saturated rings. The van der Waals surface area contributed by atoms with E-state index in [4.69, 9.17) is 0 Å². The van der Waals surface area contributed by atoms with Gasteiger partial charge < -0.3 is 5.11 Å². The van der Waals surface area contributed by atoms with Crippen LogP contribution in [0.5, 0.6) is 0 Å². The van der Waals surface area contributed by atoms with Crippen LogP contribution >= 0.6 is 15.9 Å². The van der Waals surface area contributed by atoms with Gasteiger partial charge in [-0.2, -0.15) is 13.2 Å². The summed E-state index contributed by atoms with van der Waals surface area (Å²) >= 11 is 3.12. The Kier molecular flexibility index (Phi) is 4.72. The third kappa shape index (κ3) is 3.56. The lowest BCUT2D eigenvalue weighted by atomic mass is 9.92. The number of hydrogen-bond acceptors (Lipinski definition) is 1. The van der Waals surface area contributed by atoms with Gasteiger partial charge in [0.1, 0.15) is 5.82 Å². The van der Waals surface area contributed by atoms with E-state index in [9.17, 15) is 22.7 Å². The summed E-state index contributed by atoms with van der Waals surface area (Å²) in [6.45, 7) is 0. The van der Waals surface area contributed by atoms with Crippen molar-refractivity contribution < 1.29 is 22.7 Å². The van der Waals surface area contributed by atoms with E-state index < -0.39 is 17.6 Å². The van der Waals surface area contributed by atoms with Gasteiger partial charge in [-0.1, -0.05) is 46.3 Å². The highest BCUT2D eigenvalue weighted by atomic mass is 79.9. The molecule has 0 bridgehead atoms. The average molecular weight is 375 g/mol. The second-order valence-electron chi connectivity index (χ2n) is 4.66. The molecule has 0 aliphatic rings. The van der Waals surface area contributed by atoms with Crippen LogP contribution in [-0.2, 0) is 5.60 Å². The lowest BCUT2D eigenvalue weighted by molar-refractivity contribution is -0.244. The first kappa shape index (κ1) is 16.7. The monoisotopic (exact) mass is 374 g/mol. The molecule has 116 valence electrons. The Morgan fingerprint density at radius 2 is 1.64 bits per heavy atom. The molecule has 1 N–H and O–H groups in total. The zero-order valence-electron chi connectivity index (χ0n) is 11.1. The standard InChI is InChI=1S/C16H11BrF4O/c17-13-6-4-12(5-7-13)15(22,16(19,20)21)9-8-11-2-1-3-14(18)10-11/h1-10,22H. The largest absolute Gasteiger partial charge is 0.425 e. The molecule has 0 aliphatic heterocycles. The molecule has 1 unspecified atom stereocenters. The van der Waals surface area contributed by atoms with Crippen LogP contribution in [0.1, 0.15) is 11.1 Å². The predicted molar refractivity (Wildman–Crippen MR) is 79.5 cm³/mol. The van der Waals surface area contributed by atoms with Crippen LogP contribution < -0.4 is 0 Å². The summed E-state index contributed by atoms with van der Waals surface area (Å²) in [7, 11) is 0. The number of alkyl halides is 3. The summed E-state index contributed by atoms with van der Waals surface area (Å²) in [6, 6.07) is 10.2. The second-order valence-corrected chi connectivity index (χ2v) is 5.58. The van der Waals surface area contributed by atoms with Crippen LogP contribution in [0.25, 0.3) is 6.08 Å². The third-order valence-corrected chi connectivity index (χ3v) is 3.61. The highest BCUT2D eigenvalue weighted by molar-refractivity contribution is 9.10. The minimum absolute atomic E-state index is 0.222. The molecular formula is C16H11BrF4O. The molecule has 1 nitrogen and oxygen atoms in total. The van der Waals surface area contributed by atoms with Crippen LogP contribution in [0.4, 0.5) is 17.6 Å². The Morgan fingerprint density at radius 1 is 1.00 bits per heavy atom. The van der Waals surface area contributed by atoms with E-state index in [1.165, 1.54) is 42.5 Å². The van der Waals surface area contributed by atoms with Gasteiger partial charge in [0.05, 0.1) is 0 Å². The molecule has 2 rings (SSSR count). The van der Waals surface area contributed by atoms with E-state index >= 15 is 0 Å². The number of rotatable bonds is 3. The van der Waals surface area contributed by atoms with Gasteiger partial charge in [-0.15, -0.1) is 0 Å². The van der Waals surface area contributed by atoms with Gasteiger partial charge in [-0.3, -0.25) is 0 Å². The maximum Gasteiger partial charge on any atom is 0.425 e. The highest BCUT2D eigenvalue weighted by Gasteiger charge is 2.53. The van der Waals surface area contributed by atoms with Crippen molar-refractivity contribution in [2.75, 3.05) is 0 Å². The van der Waals surface area contributed by atoms with E-state index in [2.05, 4.69) is 15.9 Å². The lowest BCUT2D eigenvalue weighted by Gasteiger charge is -2.28. The van der Waals surface area contributed by atoms with Gasteiger partial charge in [-0.25, -0.2) is 4.39 Å². The number of benzene rings is 2. The minimum Gasteiger partial charge on any atom is -0.373 e. The summed E-state index contributed by atoms with van der Waals surface area (Å²) in [5.74, 6) is -0.568. The molecule has 22 heavy (non-hydrogen) atoms. The SMILES string of the molecule is OC(C=Cc1cccc(F)c1)(c1ccc(Br)cc1)C(F)(F)F. The van der Waals surface area contributed by atoms with Gasteiger partial charge in [0.15, 0.2) is 0 Å². The van der Waals surface area contributed by atoms with Crippen molar-refractivity contribution in [3.8, 4) is 0 Å². The fraction of sp³-hybridized carbons (Fsp3) is 0.125. The zero-order valence-corrected chi connectivity index (χ0v) is 12.7. The molecule has 0 spiro atoms. The van der Waals surface area contributed by atoms with Crippen LogP contribution in [0, 0.1) is 5.82 Å². The van der Waals surface area contributed by atoms with Gasteiger partial charge in [-0.05, 0) is 41.5 Å². The fourth-order valence-corrected chi connectivity index (χ4v) is 2.15. The normalized spacial score (nSPS) is 15.0. The summed E-state index contributed by atoms with van der Waals surface area (Å²) in [5, 5.41) is 10.1. The zero-order chi connectivity index (χ0) is 16.4. The van der Waals surface area contributed by atoms with Crippen molar-refractivity contribution in [2.24, 2.45) is 0 Å². The number of halogens is 5. The molecule has 2 aromatic rings. The molecule has 0 aliphatic carbocycles. The fourth-order valence-electron chi connectivity index (χ4n) is 1.89. The molecule has 0 saturated heterocycles. The third-order valence-electron chi connectivity index (χ3n) is 3.08. The Morgan fingerprint density at radius 3 is 2.18 bits per heavy atom. The second kappa shape index (κ2) is 6.22. The van der Waals surface area contributed by atoms with Crippen molar-refractivity contribution >= 4 is 22.0 Å². The summed E-state index contributed by atoms with van der Waals surface area (Å²) in [6.07, 6.45) is -3.26. The van der Waals surface area contributed by atoms with Crippen LogP contribution in [0.2, 0.25) is 0 Å². The lowest BCUT2D eigenvalue weighted by Crippen LogP contribution is -2.40. The summed E-state index contributed by atoms with van der Waals surface area (Å²) in [4.78, 5) is 0. The number of aliphatic hydroxyl groups is 1. The molecule has 2 aromatic carbocycles. The molecule has 6 heteroatoms. The van der Waals surface area contributed by atoms with Crippen molar-refractivity contribution in [2.45, 2.75) is 11.8 Å². The Balaban J connectivity index is 2.44. The quantitative estimate of drug-likeness (QED) is 0.745. The van der Waals surface area contributed by atoms with Crippen LogP contribution in [-0.4, -0.2) is 11.3 Å². The summed E-state index contributed by atoms with van der Waals surface area (Å²) < 4.78 is 53.5.